The lowest BCUT2D eigenvalue weighted by atomic mass is 9.91. The van der Waals surface area contributed by atoms with Crippen LogP contribution in [0.4, 0.5) is 0 Å². The molecule has 10 rings (SSSR count). The van der Waals surface area contributed by atoms with E-state index >= 15 is 9.13 Å². The van der Waals surface area contributed by atoms with Gasteiger partial charge in [0, 0.05) is 74.2 Å². The number of hydrogen-bond acceptors (Lipinski definition) is 2. The van der Waals surface area contributed by atoms with Gasteiger partial charge in [0.2, 0.25) is 0 Å². The van der Waals surface area contributed by atoms with Crippen LogP contribution in [0.3, 0.4) is 0 Å². The molecule has 0 unspecified atom stereocenters. The first-order valence-electron chi connectivity index (χ1n) is 21.4. The van der Waals surface area contributed by atoms with Gasteiger partial charge in [-0.3, -0.25) is 0 Å². The maximum absolute atomic E-state index is 16.9. The summed E-state index contributed by atoms with van der Waals surface area (Å²) in [7, 11) is -7.38. The van der Waals surface area contributed by atoms with Crippen LogP contribution >= 0.6 is 46.1 Å². The summed E-state index contributed by atoms with van der Waals surface area (Å²) in [4.78, 5) is 0. The Balaban J connectivity index is 1.39. The van der Waals surface area contributed by atoms with E-state index in [1.807, 2.05) is 206 Å². The molecule has 0 saturated carbocycles. The molecule has 0 fully saturated rings. The van der Waals surface area contributed by atoms with Gasteiger partial charge in [-0.05, 0) is 94.3 Å². The second-order valence-corrected chi connectivity index (χ2v) is 23.1. The Morgan fingerprint density at radius 2 is 0.606 bits per heavy atom. The molecule has 0 aliphatic heterocycles. The van der Waals surface area contributed by atoms with E-state index < -0.39 is 14.3 Å². The highest BCUT2D eigenvalue weighted by molar-refractivity contribution is 9.10. The molecule has 0 radical (unpaired) electrons. The van der Waals surface area contributed by atoms with E-state index in [0.717, 1.165) is 63.9 Å². The van der Waals surface area contributed by atoms with Crippen molar-refractivity contribution in [2.24, 2.45) is 0 Å². The van der Waals surface area contributed by atoms with Crippen molar-refractivity contribution < 1.29 is 9.13 Å². The van der Waals surface area contributed by atoms with Gasteiger partial charge >= 0.3 is 0 Å². The highest BCUT2D eigenvalue weighted by atomic mass is 79.9. The third kappa shape index (κ3) is 8.14. The minimum absolute atomic E-state index is 0.637. The summed E-state index contributed by atoms with van der Waals surface area (Å²) in [5.74, 6) is 13.8. The van der Waals surface area contributed by atoms with Crippen molar-refractivity contribution in [1.82, 2.24) is 0 Å². The number of hydrogen-bond donors (Lipinski definition) is 0. The smallest absolute Gasteiger partial charge is 0.171 e. The molecule has 0 saturated heterocycles. The van der Waals surface area contributed by atoms with Crippen molar-refractivity contribution in [3.05, 3.63) is 262 Å². The lowest BCUT2D eigenvalue weighted by Crippen LogP contribution is -2.30. The summed E-state index contributed by atoms with van der Waals surface area (Å²) in [6.07, 6.45) is 0. The molecule has 0 bridgehead atoms. The van der Waals surface area contributed by atoms with E-state index in [1.54, 1.807) is 0 Å². The van der Waals surface area contributed by atoms with Gasteiger partial charge in [0.1, 0.15) is 0 Å². The van der Waals surface area contributed by atoms with Gasteiger partial charge in [-0.1, -0.05) is 213 Å². The molecule has 2 nitrogen and oxygen atoms in total. The topological polar surface area (TPSA) is 34.1 Å². The minimum Gasteiger partial charge on any atom is -0.309 e. The van der Waals surface area contributed by atoms with Crippen LogP contribution in [0.5, 0.6) is 0 Å². The van der Waals surface area contributed by atoms with Gasteiger partial charge in [-0.25, -0.2) is 0 Å². The zero-order valence-corrected chi connectivity index (χ0v) is 40.4. The van der Waals surface area contributed by atoms with Crippen LogP contribution in [-0.2, 0) is 9.13 Å². The molecule has 10 aromatic rings. The van der Waals surface area contributed by atoms with Gasteiger partial charge in [-0.15, -0.1) is 0 Å². The van der Waals surface area contributed by atoms with E-state index in [2.05, 4.69) is 79.8 Å². The van der Waals surface area contributed by atoms with Gasteiger partial charge in [0.25, 0.3) is 0 Å². The quantitative estimate of drug-likeness (QED) is 0.118. The molecule has 0 atom stereocenters. The molecule has 66 heavy (non-hydrogen) atoms. The Labute approximate surface area is 402 Å². The number of fused-ring (bicyclic) bond motifs is 2. The zero-order chi connectivity index (χ0) is 45.1. The van der Waals surface area contributed by atoms with E-state index in [0.29, 0.717) is 31.8 Å². The molecular weight excluding hydrogens is 974 g/mol. The summed E-state index contributed by atoms with van der Waals surface area (Å²) in [6.45, 7) is 0. The number of benzene rings is 10. The Hall–Kier alpha value is -6.74. The number of halogens is 2. The maximum atomic E-state index is 16.9. The summed E-state index contributed by atoms with van der Waals surface area (Å²) in [6, 6.07) is 75.4. The second-order valence-electron chi connectivity index (χ2n) is 15.8. The molecule has 0 aliphatic carbocycles. The maximum Gasteiger partial charge on any atom is 0.171 e. The monoisotopic (exact) mass is 1010 g/mol. The van der Waals surface area contributed by atoms with Gasteiger partial charge in [0.15, 0.2) is 14.3 Å². The molecule has 6 heteroatoms. The minimum atomic E-state index is -3.69. The standard InChI is InChI=1S/C60H38Br2O2P2/c61-47-35-29-43(30-36-47)27-33-45-15-13-25-55-53(45)39-41-57(65(63,49-17-5-1-6-18-49)50-19-7-2-8-20-50)59(55)60-56-26-14-16-46(34-28-44-31-37-48(62)38-32-44)54(56)40-42-58(60)66(64,51-21-9-3-10-22-51)52-23-11-4-12-24-52/h1-26,29-32,35-42H. The molecule has 0 amide bonds. The summed E-state index contributed by atoms with van der Waals surface area (Å²) >= 11 is 7.11. The second kappa shape index (κ2) is 18.6. The first-order valence-corrected chi connectivity index (χ1v) is 26.4. The van der Waals surface area contributed by atoms with Crippen LogP contribution in [0.2, 0.25) is 0 Å². The summed E-state index contributed by atoms with van der Waals surface area (Å²) in [5, 5.41) is 7.51. The Bertz CT molecular complexity index is 3310. The van der Waals surface area contributed by atoms with Crippen LogP contribution in [0.25, 0.3) is 32.7 Å². The number of rotatable bonds is 7. The molecule has 10 aromatic carbocycles. The third-order valence-corrected chi connectivity index (χ3v) is 19.1. The molecule has 0 N–H and O–H groups in total. The first kappa shape index (κ1) is 43.2. The highest BCUT2D eigenvalue weighted by Gasteiger charge is 2.38. The molecule has 314 valence electrons. The van der Waals surface area contributed by atoms with Crippen LogP contribution in [0.15, 0.2) is 239 Å². The van der Waals surface area contributed by atoms with Crippen LogP contribution in [0, 0.1) is 23.7 Å². The van der Waals surface area contributed by atoms with Gasteiger partial charge in [-0.2, -0.15) is 0 Å². The van der Waals surface area contributed by atoms with Gasteiger partial charge < -0.3 is 9.13 Å². The van der Waals surface area contributed by atoms with Crippen LogP contribution < -0.4 is 31.8 Å². The van der Waals surface area contributed by atoms with Crippen molar-refractivity contribution >= 4 is 99.5 Å². The fourth-order valence-electron chi connectivity index (χ4n) is 8.71. The average molecular weight is 1010 g/mol. The molecular formula is C60H38Br2O2P2. The van der Waals surface area contributed by atoms with Crippen molar-refractivity contribution in [2.45, 2.75) is 0 Å². The van der Waals surface area contributed by atoms with E-state index in [-0.39, 0.29) is 0 Å². The molecule has 0 aromatic heterocycles. The largest absolute Gasteiger partial charge is 0.309 e. The summed E-state index contributed by atoms with van der Waals surface area (Å²) < 4.78 is 35.8. The fourth-order valence-corrected chi connectivity index (χ4v) is 15.0. The summed E-state index contributed by atoms with van der Waals surface area (Å²) in [5.41, 5.74) is 4.86. The average Bonchev–Trinajstić information content (AvgIpc) is 3.38. The van der Waals surface area contributed by atoms with Crippen molar-refractivity contribution in [2.75, 3.05) is 0 Å². The zero-order valence-electron chi connectivity index (χ0n) is 35.4. The third-order valence-electron chi connectivity index (χ3n) is 11.9. The molecule has 0 spiro atoms. The van der Waals surface area contributed by atoms with Gasteiger partial charge in [0.05, 0.1) is 0 Å². The SMILES string of the molecule is O=P(c1ccccc1)(c1ccccc1)c1ccc2c(C#Cc3ccc(Br)cc3)cccc2c1-c1c(P(=O)(c2ccccc2)c2ccccc2)ccc2c(C#Cc3ccc(Br)cc3)cccc12. The first-order chi connectivity index (χ1) is 32.3. The highest BCUT2D eigenvalue weighted by Crippen LogP contribution is 2.52. The lowest BCUT2D eigenvalue weighted by Gasteiger charge is -2.29. The van der Waals surface area contributed by atoms with Crippen molar-refractivity contribution in [3.8, 4) is 34.8 Å². The van der Waals surface area contributed by atoms with E-state index in [1.165, 1.54) is 0 Å². The molecule has 0 aliphatic rings. The van der Waals surface area contributed by atoms with Crippen LogP contribution in [-0.4, -0.2) is 0 Å². The van der Waals surface area contributed by atoms with Crippen molar-refractivity contribution in [1.29, 1.82) is 0 Å². The lowest BCUT2D eigenvalue weighted by molar-refractivity contribution is 0.591. The normalized spacial score (nSPS) is 11.4. The Kier molecular flexibility index (Phi) is 12.2. The Morgan fingerprint density at radius 1 is 0.288 bits per heavy atom. The fraction of sp³-hybridized carbons (Fsp3) is 0. The van der Waals surface area contributed by atoms with Crippen molar-refractivity contribution in [3.63, 3.8) is 0 Å². The predicted molar refractivity (Wildman–Crippen MR) is 286 cm³/mol. The predicted octanol–water partition coefficient (Wildman–Crippen LogP) is 13.3. The molecule has 0 heterocycles. The Morgan fingerprint density at radius 3 is 0.924 bits per heavy atom. The van der Waals surface area contributed by atoms with E-state index in [4.69, 9.17) is 0 Å². The van der Waals surface area contributed by atoms with E-state index in [9.17, 15) is 0 Å². The van der Waals surface area contributed by atoms with Crippen LogP contribution in [0.1, 0.15) is 22.3 Å².